The molecule has 0 bridgehead atoms. The van der Waals surface area contributed by atoms with Gasteiger partial charge in [-0.25, -0.2) is 9.97 Å². The van der Waals surface area contributed by atoms with Crippen molar-refractivity contribution in [1.29, 1.82) is 0 Å². The Bertz CT molecular complexity index is 1340. The van der Waals surface area contributed by atoms with Crippen molar-refractivity contribution >= 4 is 34.0 Å². The molecule has 0 aliphatic carbocycles. The number of halogens is 1. The molecule has 2 aliphatic heterocycles. The van der Waals surface area contributed by atoms with E-state index in [2.05, 4.69) is 20.3 Å². The van der Waals surface area contributed by atoms with Crippen LogP contribution in [0.2, 0.25) is 5.02 Å². The third kappa shape index (κ3) is 2.67. The average molecular weight is 429 g/mol. The van der Waals surface area contributed by atoms with Crippen molar-refractivity contribution in [2.45, 2.75) is 12.0 Å². The average Bonchev–Trinajstić information content (AvgIpc) is 3.02. The molecule has 0 atom stereocenters. The second kappa shape index (κ2) is 6.80. The van der Waals surface area contributed by atoms with Crippen LogP contribution in [0.15, 0.2) is 61.6 Å². The maximum atomic E-state index is 13.5. The number of pyridine rings is 2. The maximum absolute atomic E-state index is 13.5. The van der Waals surface area contributed by atoms with Crippen LogP contribution in [0, 0.1) is 0 Å². The van der Waals surface area contributed by atoms with Gasteiger partial charge in [-0.3, -0.25) is 14.8 Å². The van der Waals surface area contributed by atoms with E-state index in [0.29, 0.717) is 24.7 Å². The molecule has 0 saturated carbocycles. The SMILES string of the molecule is O=C1N(Cc2ncc3cc(Cl)ccc3c2-c2cncnc2)c2cnccc2C12CNC2. The fraction of sp³-hybridized carbons (Fsp3) is 0.174. The van der Waals surface area contributed by atoms with Crippen LogP contribution in [-0.2, 0) is 16.8 Å². The monoisotopic (exact) mass is 428 g/mol. The number of carbonyl (C=O) groups excluding carboxylic acids is 1. The fourth-order valence-corrected chi connectivity index (χ4v) is 4.80. The predicted molar refractivity (Wildman–Crippen MR) is 118 cm³/mol. The summed E-state index contributed by atoms with van der Waals surface area (Å²) in [5, 5.41) is 5.81. The zero-order chi connectivity index (χ0) is 21.0. The summed E-state index contributed by atoms with van der Waals surface area (Å²) >= 11 is 6.21. The second-order valence-corrected chi connectivity index (χ2v) is 8.34. The fourth-order valence-electron chi connectivity index (χ4n) is 4.62. The molecule has 1 saturated heterocycles. The lowest BCUT2D eigenvalue weighted by molar-refractivity contribution is -0.125. The number of hydrogen-bond acceptors (Lipinski definition) is 6. The Labute approximate surface area is 183 Å². The molecule has 1 fully saturated rings. The van der Waals surface area contributed by atoms with E-state index in [1.54, 1.807) is 35.9 Å². The molecule has 6 rings (SSSR count). The van der Waals surface area contributed by atoms with Crippen LogP contribution in [0.3, 0.4) is 0 Å². The third-order valence-corrected chi connectivity index (χ3v) is 6.44. The summed E-state index contributed by atoms with van der Waals surface area (Å²) in [6.45, 7) is 1.62. The van der Waals surface area contributed by atoms with Crippen LogP contribution in [0.5, 0.6) is 0 Å². The van der Waals surface area contributed by atoms with Crippen LogP contribution < -0.4 is 10.2 Å². The summed E-state index contributed by atoms with van der Waals surface area (Å²) in [5.41, 5.74) is 3.90. The van der Waals surface area contributed by atoms with Crippen molar-refractivity contribution in [3.05, 3.63) is 77.9 Å². The molecule has 31 heavy (non-hydrogen) atoms. The minimum absolute atomic E-state index is 0.0857. The van der Waals surface area contributed by atoms with E-state index >= 15 is 0 Å². The number of aromatic nitrogens is 4. The van der Waals surface area contributed by atoms with Crippen molar-refractivity contribution in [3.8, 4) is 11.1 Å². The van der Waals surface area contributed by atoms with Gasteiger partial charge in [-0.05, 0) is 29.1 Å². The molecule has 8 heteroatoms. The molecule has 0 unspecified atom stereocenters. The highest BCUT2D eigenvalue weighted by atomic mass is 35.5. The van der Waals surface area contributed by atoms with E-state index in [0.717, 1.165) is 38.8 Å². The van der Waals surface area contributed by atoms with Gasteiger partial charge < -0.3 is 10.2 Å². The molecule has 7 nitrogen and oxygen atoms in total. The van der Waals surface area contributed by atoms with E-state index in [9.17, 15) is 4.79 Å². The molecule has 5 heterocycles. The minimum atomic E-state index is -0.501. The highest BCUT2D eigenvalue weighted by Gasteiger charge is 2.54. The van der Waals surface area contributed by atoms with Gasteiger partial charge in [-0.15, -0.1) is 0 Å². The minimum Gasteiger partial charge on any atom is -0.314 e. The molecule has 1 amide bonds. The Balaban J connectivity index is 1.52. The number of fused-ring (bicyclic) bond motifs is 3. The van der Waals surface area contributed by atoms with Crippen LogP contribution in [0.4, 0.5) is 5.69 Å². The van der Waals surface area contributed by atoms with Crippen molar-refractivity contribution in [2.24, 2.45) is 0 Å². The lowest BCUT2D eigenvalue weighted by Crippen LogP contribution is -2.61. The third-order valence-electron chi connectivity index (χ3n) is 6.20. The summed E-state index contributed by atoms with van der Waals surface area (Å²) in [6, 6.07) is 7.67. The van der Waals surface area contributed by atoms with Gasteiger partial charge in [0.2, 0.25) is 5.91 Å². The number of hydrogen-bond donors (Lipinski definition) is 1. The molecule has 3 aromatic heterocycles. The Morgan fingerprint density at radius 3 is 2.68 bits per heavy atom. The number of nitrogens with zero attached hydrogens (tertiary/aromatic N) is 5. The van der Waals surface area contributed by atoms with Crippen molar-refractivity contribution in [3.63, 3.8) is 0 Å². The Morgan fingerprint density at radius 1 is 1.06 bits per heavy atom. The van der Waals surface area contributed by atoms with Crippen LogP contribution >= 0.6 is 11.6 Å². The van der Waals surface area contributed by atoms with Crippen molar-refractivity contribution in [1.82, 2.24) is 25.3 Å². The van der Waals surface area contributed by atoms with E-state index in [1.807, 2.05) is 24.3 Å². The Morgan fingerprint density at radius 2 is 1.90 bits per heavy atom. The molecule has 1 spiro atoms. The lowest BCUT2D eigenvalue weighted by atomic mass is 9.77. The zero-order valence-corrected chi connectivity index (χ0v) is 17.2. The topological polar surface area (TPSA) is 83.9 Å². The lowest BCUT2D eigenvalue weighted by Gasteiger charge is -2.38. The molecule has 4 aromatic rings. The van der Waals surface area contributed by atoms with Gasteiger partial charge in [0.25, 0.3) is 0 Å². The Kier molecular flexibility index (Phi) is 4.03. The number of nitrogens with one attached hydrogen (secondary N) is 1. The van der Waals surface area contributed by atoms with Crippen molar-refractivity contribution < 1.29 is 4.79 Å². The maximum Gasteiger partial charge on any atom is 0.240 e. The first-order valence-corrected chi connectivity index (χ1v) is 10.3. The first-order chi connectivity index (χ1) is 15.2. The number of benzene rings is 1. The second-order valence-electron chi connectivity index (χ2n) is 7.91. The zero-order valence-electron chi connectivity index (χ0n) is 16.4. The highest BCUT2D eigenvalue weighted by Crippen LogP contribution is 2.45. The molecular formula is C23H17ClN6O. The van der Waals surface area contributed by atoms with Gasteiger partial charge in [0.05, 0.1) is 24.1 Å². The van der Waals surface area contributed by atoms with Gasteiger partial charge >= 0.3 is 0 Å². The van der Waals surface area contributed by atoms with Gasteiger partial charge in [0.1, 0.15) is 11.7 Å². The number of carbonyl (C=O) groups is 1. The predicted octanol–water partition coefficient (Wildman–Crippen LogP) is 3.13. The first-order valence-electron chi connectivity index (χ1n) is 9.97. The summed E-state index contributed by atoms with van der Waals surface area (Å²) in [6.07, 6.45) is 10.3. The number of rotatable bonds is 3. The summed E-state index contributed by atoms with van der Waals surface area (Å²) in [4.78, 5) is 32.7. The standard InChI is InChI=1S/C23H17ClN6O/c24-16-1-2-17-14(5-16)8-29-19(21(17)15-6-26-13-27-7-15)10-30-20-9-25-4-3-18(20)23(22(30)31)11-28-12-23/h1-9,13,28H,10-12H2. The summed E-state index contributed by atoms with van der Waals surface area (Å²) < 4.78 is 0. The van der Waals surface area contributed by atoms with E-state index in [4.69, 9.17) is 16.6 Å². The largest absolute Gasteiger partial charge is 0.314 e. The normalized spacial score (nSPS) is 16.5. The van der Waals surface area contributed by atoms with Gasteiger partial charge in [-0.2, -0.15) is 0 Å². The van der Waals surface area contributed by atoms with E-state index in [1.165, 1.54) is 6.33 Å². The van der Waals surface area contributed by atoms with Crippen molar-refractivity contribution in [2.75, 3.05) is 18.0 Å². The Hall–Kier alpha value is -3.42. The molecular weight excluding hydrogens is 412 g/mol. The van der Waals surface area contributed by atoms with Crippen LogP contribution in [0.1, 0.15) is 11.3 Å². The van der Waals surface area contributed by atoms with Gasteiger partial charge in [0.15, 0.2) is 0 Å². The molecule has 1 N–H and O–H groups in total. The van der Waals surface area contributed by atoms with Gasteiger partial charge in [0, 0.05) is 59.4 Å². The molecule has 2 aliphatic rings. The van der Waals surface area contributed by atoms with E-state index < -0.39 is 5.41 Å². The summed E-state index contributed by atoms with van der Waals surface area (Å²) in [5.74, 6) is 0.0857. The highest BCUT2D eigenvalue weighted by molar-refractivity contribution is 6.31. The van der Waals surface area contributed by atoms with E-state index in [-0.39, 0.29) is 5.91 Å². The number of anilines is 1. The van der Waals surface area contributed by atoms with Gasteiger partial charge in [-0.1, -0.05) is 17.7 Å². The quantitative estimate of drug-likeness (QED) is 0.539. The smallest absolute Gasteiger partial charge is 0.240 e. The molecule has 0 radical (unpaired) electrons. The number of amides is 1. The summed E-state index contributed by atoms with van der Waals surface area (Å²) in [7, 11) is 0. The van der Waals surface area contributed by atoms with Crippen LogP contribution in [0.25, 0.3) is 21.9 Å². The first kappa shape index (κ1) is 18.4. The van der Waals surface area contributed by atoms with Crippen LogP contribution in [-0.4, -0.2) is 38.9 Å². The molecule has 1 aromatic carbocycles. The molecule has 152 valence electrons.